The van der Waals surface area contributed by atoms with Gasteiger partial charge in [-0.2, -0.15) is 10.0 Å². The standard InChI is InChI=1S/C8H6N2O4.C2H4O2/c11-5-1-2-6(12)9(5)10-7(13)3-4-8(10)14;1-2(3)4/h1-2H,3-4H2;1H3,(H,3,4). The van der Waals surface area contributed by atoms with Crippen LogP contribution in [0.3, 0.4) is 0 Å². The molecule has 4 amide bonds. The van der Waals surface area contributed by atoms with Gasteiger partial charge in [-0.3, -0.25) is 24.0 Å². The predicted molar refractivity (Wildman–Crippen MR) is 55.4 cm³/mol. The molecule has 96 valence electrons. The molecule has 0 unspecified atom stereocenters. The quantitative estimate of drug-likeness (QED) is 0.605. The van der Waals surface area contributed by atoms with Crippen LogP contribution in [0.1, 0.15) is 19.8 Å². The van der Waals surface area contributed by atoms with E-state index < -0.39 is 29.6 Å². The zero-order valence-electron chi connectivity index (χ0n) is 9.45. The van der Waals surface area contributed by atoms with Crippen molar-refractivity contribution in [2.24, 2.45) is 0 Å². The van der Waals surface area contributed by atoms with Crippen LogP contribution in [0.2, 0.25) is 0 Å². The third-order valence-corrected chi connectivity index (χ3v) is 2.01. The number of aliphatic carboxylic acids is 1. The minimum atomic E-state index is -0.833. The number of amides is 4. The second-order valence-corrected chi connectivity index (χ2v) is 3.44. The lowest BCUT2D eigenvalue weighted by Crippen LogP contribution is -2.49. The molecular weight excluding hydrogens is 244 g/mol. The molecule has 0 saturated carbocycles. The molecule has 0 spiro atoms. The van der Waals surface area contributed by atoms with E-state index >= 15 is 0 Å². The van der Waals surface area contributed by atoms with Gasteiger partial charge in [0.25, 0.3) is 17.8 Å². The number of hydrogen-bond donors (Lipinski definition) is 1. The fourth-order valence-electron chi connectivity index (χ4n) is 1.38. The number of nitrogens with zero attached hydrogens (tertiary/aromatic N) is 2. The van der Waals surface area contributed by atoms with E-state index in [-0.39, 0.29) is 12.8 Å². The molecular formula is C10H10N2O6. The first-order valence-electron chi connectivity index (χ1n) is 4.96. The Morgan fingerprint density at radius 1 is 1.00 bits per heavy atom. The SMILES string of the molecule is CC(=O)O.O=C1C=CC(=O)N1N1C(=O)CCC1=O. The summed E-state index contributed by atoms with van der Waals surface area (Å²) in [7, 11) is 0. The Labute approximate surface area is 101 Å². The molecule has 2 heterocycles. The first-order chi connectivity index (χ1) is 8.34. The van der Waals surface area contributed by atoms with Gasteiger partial charge >= 0.3 is 0 Å². The van der Waals surface area contributed by atoms with Gasteiger partial charge in [-0.15, -0.1) is 0 Å². The van der Waals surface area contributed by atoms with Gasteiger partial charge in [0.15, 0.2) is 0 Å². The van der Waals surface area contributed by atoms with Gasteiger partial charge in [-0.05, 0) is 0 Å². The summed E-state index contributed by atoms with van der Waals surface area (Å²) >= 11 is 0. The van der Waals surface area contributed by atoms with Gasteiger partial charge < -0.3 is 5.11 Å². The third kappa shape index (κ3) is 2.78. The number of carbonyl (C=O) groups is 5. The number of carboxylic acids is 1. The smallest absolute Gasteiger partial charge is 0.300 e. The van der Waals surface area contributed by atoms with Crippen LogP contribution >= 0.6 is 0 Å². The molecule has 0 aromatic carbocycles. The van der Waals surface area contributed by atoms with Crippen LogP contribution in [0.5, 0.6) is 0 Å². The molecule has 1 saturated heterocycles. The highest BCUT2D eigenvalue weighted by atomic mass is 16.4. The van der Waals surface area contributed by atoms with Crippen LogP contribution in [0.15, 0.2) is 12.2 Å². The molecule has 18 heavy (non-hydrogen) atoms. The maximum absolute atomic E-state index is 11.2. The number of imide groups is 2. The maximum atomic E-state index is 11.2. The molecule has 8 nitrogen and oxygen atoms in total. The topological polar surface area (TPSA) is 112 Å². The summed E-state index contributed by atoms with van der Waals surface area (Å²) in [5.41, 5.74) is 0. The summed E-state index contributed by atoms with van der Waals surface area (Å²) in [4.78, 5) is 53.7. The first kappa shape index (κ1) is 13.6. The Balaban J connectivity index is 0.000000357. The molecule has 2 aliphatic heterocycles. The largest absolute Gasteiger partial charge is 0.481 e. The first-order valence-corrected chi connectivity index (χ1v) is 4.96. The normalized spacial score (nSPS) is 18.3. The van der Waals surface area contributed by atoms with E-state index in [4.69, 9.17) is 9.90 Å². The van der Waals surface area contributed by atoms with Gasteiger partial charge in [-0.1, -0.05) is 0 Å². The zero-order valence-corrected chi connectivity index (χ0v) is 9.45. The van der Waals surface area contributed by atoms with E-state index in [9.17, 15) is 19.2 Å². The van der Waals surface area contributed by atoms with Gasteiger partial charge in [0.1, 0.15) is 0 Å². The molecule has 1 N–H and O–H groups in total. The lowest BCUT2D eigenvalue weighted by Gasteiger charge is -2.22. The minimum Gasteiger partial charge on any atom is -0.481 e. The van der Waals surface area contributed by atoms with E-state index in [2.05, 4.69) is 0 Å². The van der Waals surface area contributed by atoms with Crippen molar-refractivity contribution >= 4 is 29.6 Å². The average molecular weight is 254 g/mol. The van der Waals surface area contributed by atoms with Gasteiger partial charge in [-0.25, -0.2) is 0 Å². The highest BCUT2D eigenvalue weighted by molar-refractivity contribution is 6.16. The van der Waals surface area contributed by atoms with Gasteiger partial charge in [0.05, 0.1) is 0 Å². The molecule has 0 aliphatic carbocycles. The average Bonchev–Trinajstić information content (AvgIpc) is 2.72. The van der Waals surface area contributed by atoms with Crippen molar-refractivity contribution in [1.29, 1.82) is 0 Å². The Morgan fingerprint density at radius 3 is 1.67 bits per heavy atom. The Kier molecular flexibility index (Phi) is 3.93. The lowest BCUT2D eigenvalue weighted by molar-refractivity contribution is -0.170. The number of rotatable bonds is 1. The Morgan fingerprint density at radius 2 is 1.33 bits per heavy atom. The van der Waals surface area contributed by atoms with Crippen LogP contribution in [0.25, 0.3) is 0 Å². The highest BCUT2D eigenvalue weighted by Crippen LogP contribution is 2.18. The monoisotopic (exact) mass is 254 g/mol. The summed E-state index contributed by atoms with van der Waals surface area (Å²) in [5.74, 6) is -3.17. The number of carboxylic acid groups (broad SMARTS) is 1. The van der Waals surface area contributed by atoms with E-state index in [0.717, 1.165) is 19.1 Å². The van der Waals surface area contributed by atoms with Crippen LogP contribution in [0, 0.1) is 0 Å². The Hall–Kier alpha value is -2.51. The fraction of sp³-hybridized carbons (Fsp3) is 0.300. The number of carbonyl (C=O) groups excluding carboxylic acids is 4. The molecule has 8 heteroatoms. The molecule has 0 bridgehead atoms. The van der Waals surface area contributed by atoms with Crippen molar-refractivity contribution in [3.05, 3.63) is 12.2 Å². The zero-order chi connectivity index (χ0) is 13.9. The van der Waals surface area contributed by atoms with Crippen LogP contribution in [-0.4, -0.2) is 44.7 Å². The summed E-state index contributed by atoms with van der Waals surface area (Å²) in [5, 5.41) is 8.60. The van der Waals surface area contributed by atoms with E-state index in [1.807, 2.05) is 0 Å². The van der Waals surface area contributed by atoms with Crippen molar-refractivity contribution < 1.29 is 29.1 Å². The molecule has 2 rings (SSSR count). The van der Waals surface area contributed by atoms with Crippen molar-refractivity contribution in [3.63, 3.8) is 0 Å². The Bertz CT molecular complexity index is 429. The van der Waals surface area contributed by atoms with Crippen molar-refractivity contribution in [1.82, 2.24) is 10.0 Å². The van der Waals surface area contributed by atoms with Crippen LogP contribution in [-0.2, 0) is 24.0 Å². The summed E-state index contributed by atoms with van der Waals surface area (Å²) in [6.45, 7) is 1.08. The molecule has 0 aromatic heterocycles. The predicted octanol–water partition coefficient (Wildman–Crippen LogP) is -0.934. The van der Waals surface area contributed by atoms with Crippen molar-refractivity contribution in [2.75, 3.05) is 0 Å². The second-order valence-electron chi connectivity index (χ2n) is 3.44. The summed E-state index contributed by atoms with van der Waals surface area (Å²) in [6.07, 6.45) is 2.16. The minimum absolute atomic E-state index is 0.0515. The summed E-state index contributed by atoms with van der Waals surface area (Å²) < 4.78 is 0. The van der Waals surface area contributed by atoms with E-state index in [1.165, 1.54) is 0 Å². The lowest BCUT2D eigenvalue weighted by atomic mass is 10.4. The second kappa shape index (κ2) is 5.21. The van der Waals surface area contributed by atoms with Gasteiger partial charge in [0, 0.05) is 31.9 Å². The third-order valence-electron chi connectivity index (χ3n) is 2.01. The van der Waals surface area contributed by atoms with Crippen LogP contribution in [0.4, 0.5) is 0 Å². The molecule has 2 aliphatic rings. The van der Waals surface area contributed by atoms with Gasteiger partial charge in [0.2, 0.25) is 11.8 Å². The molecule has 0 atom stereocenters. The fourth-order valence-corrected chi connectivity index (χ4v) is 1.38. The van der Waals surface area contributed by atoms with Crippen molar-refractivity contribution in [2.45, 2.75) is 19.8 Å². The van der Waals surface area contributed by atoms with E-state index in [1.54, 1.807) is 0 Å². The molecule has 0 aromatic rings. The van der Waals surface area contributed by atoms with Crippen LogP contribution < -0.4 is 0 Å². The van der Waals surface area contributed by atoms with Crippen molar-refractivity contribution in [3.8, 4) is 0 Å². The highest BCUT2D eigenvalue weighted by Gasteiger charge is 2.40. The van der Waals surface area contributed by atoms with E-state index in [0.29, 0.717) is 10.0 Å². The molecule has 1 fully saturated rings. The number of hydrogen-bond acceptors (Lipinski definition) is 5. The summed E-state index contributed by atoms with van der Waals surface area (Å²) in [6, 6.07) is 0. The number of hydrazine groups is 1. The maximum Gasteiger partial charge on any atom is 0.300 e. The molecule has 0 radical (unpaired) electrons.